The standard InChI is InChI=1S/C16H15ClN6O/c1-9-2-3-10-6-11(17)7-12(13(10)19-9)14(24)18-8-16(4-5-16)15-20-22-23-21-15/h2-3,6-7H,4-5,8H2,1H3,(H,18,24)(H,20,21,22,23). The molecule has 0 saturated heterocycles. The Morgan fingerprint density at radius 3 is 2.92 bits per heavy atom. The summed E-state index contributed by atoms with van der Waals surface area (Å²) in [5.74, 6) is 0.447. The molecule has 4 rings (SSSR count). The SMILES string of the molecule is Cc1ccc2cc(Cl)cc(C(=O)NCC3(c4nn[nH]n4)CC3)c2n1. The highest BCUT2D eigenvalue weighted by molar-refractivity contribution is 6.32. The number of aromatic nitrogens is 5. The Balaban J connectivity index is 1.61. The van der Waals surface area contributed by atoms with E-state index in [1.165, 1.54) is 0 Å². The van der Waals surface area contributed by atoms with Crippen molar-refractivity contribution in [3.05, 3.63) is 46.4 Å². The van der Waals surface area contributed by atoms with Gasteiger partial charge in [0.15, 0.2) is 5.82 Å². The first-order chi connectivity index (χ1) is 11.6. The summed E-state index contributed by atoms with van der Waals surface area (Å²) in [6, 6.07) is 7.28. The number of rotatable bonds is 4. The molecule has 0 aliphatic heterocycles. The van der Waals surface area contributed by atoms with Crippen LogP contribution in [0.4, 0.5) is 0 Å². The number of hydrogen-bond donors (Lipinski definition) is 2. The number of aromatic amines is 1. The third kappa shape index (κ3) is 2.60. The Morgan fingerprint density at radius 1 is 1.38 bits per heavy atom. The number of halogens is 1. The van der Waals surface area contributed by atoms with Crippen molar-refractivity contribution in [3.8, 4) is 0 Å². The van der Waals surface area contributed by atoms with E-state index < -0.39 is 0 Å². The van der Waals surface area contributed by atoms with Gasteiger partial charge in [0.05, 0.1) is 16.5 Å². The molecule has 2 N–H and O–H groups in total. The molecule has 0 spiro atoms. The number of benzene rings is 1. The van der Waals surface area contributed by atoms with Gasteiger partial charge in [0.25, 0.3) is 5.91 Å². The number of fused-ring (bicyclic) bond motifs is 1. The van der Waals surface area contributed by atoms with Gasteiger partial charge < -0.3 is 5.32 Å². The third-order valence-electron chi connectivity index (χ3n) is 4.40. The van der Waals surface area contributed by atoms with E-state index in [1.54, 1.807) is 6.07 Å². The number of hydrogen-bond acceptors (Lipinski definition) is 5. The number of amides is 1. The van der Waals surface area contributed by atoms with E-state index in [1.807, 2.05) is 25.1 Å². The maximum Gasteiger partial charge on any atom is 0.253 e. The number of nitrogens with zero attached hydrogens (tertiary/aromatic N) is 4. The second-order valence-corrected chi connectivity index (χ2v) is 6.61. The predicted octanol–water partition coefficient (Wildman–Crippen LogP) is 2.17. The van der Waals surface area contributed by atoms with Crippen molar-refractivity contribution in [2.45, 2.75) is 25.2 Å². The lowest BCUT2D eigenvalue weighted by molar-refractivity contribution is 0.0951. The van der Waals surface area contributed by atoms with Crippen molar-refractivity contribution < 1.29 is 4.79 Å². The third-order valence-corrected chi connectivity index (χ3v) is 4.62. The zero-order chi connectivity index (χ0) is 16.7. The Kier molecular flexibility index (Phi) is 3.45. The molecule has 1 aliphatic rings. The van der Waals surface area contributed by atoms with Gasteiger partial charge in [0.2, 0.25) is 0 Å². The average molecular weight is 343 g/mol. The van der Waals surface area contributed by atoms with Gasteiger partial charge in [-0.2, -0.15) is 5.21 Å². The van der Waals surface area contributed by atoms with Crippen LogP contribution in [0.25, 0.3) is 10.9 Å². The summed E-state index contributed by atoms with van der Waals surface area (Å²) >= 11 is 6.15. The normalized spacial score (nSPS) is 15.4. The van der Waals surface area contributed by atoms with Crippen LogP contribution in [-0.4, -0.2) is 38.1 Å². The van der Waals surface area contributed by atoms with Gasteiger partial charge in [-0.3, -0.25) is 9.78 Å². The molecule has 3 aromatic rings. The van der Waals surface area contributed by atoms with Gasteiger partial charge in [-0.15, -0.1) is 10.2 Å². The predicted molar refractivity (Wildman–Crippen MR) is 88.9 cm³/mol. The van der Waals surface area contributed by atoms with Crippen molar-refractivity contribution in [2.75, 3.05) is 6.54 Å². The highest BCUT2D eigenvalue weighted by atomic mass is 35.5. The fourth-order valence-corrected chi connectivity index (χ4v) is 3.06. The summed E-state index contributed by atoms with van der Waals surface area (Å²) < 4.78 is 0. The average Bonchev–Trinajstić information content (AvgIpc) is 3.15. The minimum absolute atomic E-state index is 0.199. The molecule has 1 aromatic carbocycles. The molecule has 8 heteroatoms. The highest BCUT2D eigenvalue weighted by Crippen LogP contribution is 2.45. The van der Waals surface area contributed by atoms with E-state index in [0.29, 0.717) is 28.5 Å². The second kappa shape index (κ2) is 5.52. The van der Waals surface area contributed by atoms with E-state index in [9.17, 15) is 4.79 Å². The summed E-state index contributed by atoms with van der Waals surface area (Å²) in [6.45, 7) is 2.36. The van der Waals surface area contributed by atoms with Crippen LogP contribution < -0.4 is 5.32 Å². The minimum Gasteiger partial charge on any atom is -0.351 e. The Labute approximate surface area is 142 Å². The molecule has 1 aliphatic carbocycles. The number of aryl methyl sites for hydroxylation is 1. The number of H-pyrrole nitrogens is 1. The van der Waals surface area contributed by atoms with E-state index >= 15 is 0 Å². The monoisotopic (exact) mass is 342 g/mol. The molecular weight excluding hydrogens is 328 g/mol. The molecular formula is C16H15ClN6O. The number of pyridine rings is 1. The van der Waals surface area contributed by atoms with E-state index in [2.05, 4.69) is 30.9 Å². The molecule has 0 radical (unpaired) electrons. The molecule has 1 amide bonds. The van der Waals surface area contributed by atoms with Crippen molar-refractivity contribution in [3.63, 3.8) is 0 Å². The number of carbonyl (C=O) groups is 1. The highest BCUT2D eigenvalue weighted by Gasteiger charge is 2.48. The Morgan fingerprint density at radius 2 is 2.21 bits per heavy atom. The Hall–Kier alpha value is -2.54. The maximum atomic E-state index is 12.7. The van der Waals surface area contributed by atoms with Gasteiger partial charge in [-0.1, -0.05) is 22.9 Å². The lowest BCUT2D eigenvalue weighted by atomic mass is 10.1. The molecule has 2 heterocycles. The lowest BCUT2D eigenvalue weighted by Gasteiger charge is -2.13. The van der Waals surface area contributed by atoms with E-state index in [0.717, 1.165) is 23.9 Å². The van der Waals surface area contributed by atoms with Crippen LogP contribution >= 0.6 is 11.6 Å². The summed E-state index contributed by atoms with van der Waals surface area (Å²) in [5, 5.41) is 18.5. The first-order valence-corrected chi connectivity index (χ1v) is 8.04. The lowest BCUT2D eigenvalue weighted by Crippen LogP contribution is -2.33. The fraction of sp³-hybridized carbons (Fsp3) is 0.312. The van der Waals surface area contributed by atoms with Gasteiger partial charge >= 0.3 is 0 Å². The molecule has 24 heavy (non-hydrogen) atoms. The minimum atomic E-state index is -0.208. The molecule has 0 atom stereocenters. The van der Waals surface area contributed by atoms with Crippen molar-refractivity contribution in [1.29, 1.82) is 0 Å². The quantitative estimate of drug-likeness (QED) is 0.757. The molecule has 0 unspecified atom stereocenters. The van der Waals surface area contributed by atoms with Crippen LogP contribution in [0.5, 0.6) is 0 Å². The van der Waals surface area contributed by atoms with Gasteiger partial charge in [0, 0.05) is 22.6 Å². The zero-order valence-electron chi connectivity index (χ0n) is 13.0. The van der Waals surface area contributed by atoms with Crippen LogP contribution in [0, 0.1) is 6.92 Å². The first kappa shape index (κ1) is 15.0. The van der Waals surface area contributed by atoms with Crippen LogP contribution in [0.2, 0.25) is 5.02 Å². The second-order valence-electron chi connectivity index (χ2n) is 6.18. The molecule has 2 aromatic heterocycles. The Bertz CT molecular complexity index is 920. The summed E-state index contributed by atoms with van der Waals surface area (Å²) in [4.78, 5) is 17.2. The van der Waals surface area contributed by atoms with Crippen molar-refractivity contribution >= 4 is 28.4 Å². The van der Waals surface area contributed by atoms with E-state index in [4.69, 9.17) is 11.6 Å². The number of tetrazole rings is 1. The molecule has 122 valence electrons. The van der Waals surface area contributed by atoms with Gasteiger partial charge in [0.1, 0.15) is 0 Å². The molecule has 1 saturated carbocycles. The van der Waals surface area contributed by atoms with E-state index in [-0.39, 0.29) is 11.3 Å². The van der Waals surface area contributed by atoms with Gasteiger partial charge in [-0.05, 0) is 38.0 Å². The summed E-state index contributed by atoms with van der Waals surface area (Å²) in [6.07, 6.45) is 1.86. The topological polar surface area (TPSA) is 96.5 Å². The number of nitrogens with one attached hydrogen (secondary N) is 2. The molecule has 7 nitrogen and oxygen atoms in total. The smallest absolute Gasteiger partial charge is 0.253 e. The summed E-state index contributed by atoms with van der Waals surface area (Å²) in [7, 11) is 0. The summed E-state index contributed by atoms with van der Waals surface area (Å²) in [5.41, 5.74) is 1.77. The zero-order valence-corrected chi connectivity index (χ0v) is 13.8. The largest absolute Gasteiger partial charge is 0.351 e. The number of carbonyl (C=O) groups excluding carboxylic acids is 1. The van der Waals surface area contributed by atoms with Gasteiger partial charge in [-0.25, -0.2) is 0 Å². The van der Waals surface area contributed by atoms with Crippen molar-refractivity contribution in [1.82, 2.24) is 30.9 Å². The first-order valence-electron chi connectivity index (χ1n) is 7.66. The fourth-order valence-electron chi connectivity index (χ4n) is 2.83. The van der Waals surface area contributed by atoms with Crippen LogP contribution in [0.15, 0.2) is 24.3 Å². The molecule has 0 bridgehead atoms. The van der Waals surface area contributed by atoms with Crippen LogP contribution in [0.1, 0.15) is 34.7 Å². The van der Waals surface area contributed by atoms with Crippen molar-refractivity contribution in [2.24, 2.45) is 0 Å². The van der Waals surface area contributed by atoms with Crippen LogP contribution in [-0.2, 0) is 5.41 Å². The van der Waals surface area contributed by atoms with Crippen LogP contribution in [0.3, 0.4) is 0 Å². The maximum absolute atomic E-state index is 12.7. The molecule has 1 fully saturated rings.